The SMILES string of the molecule is CC1(C)C(C(F)(F)F)CCN1CCC(=O)Nc1cccc(S(N)(=O)=O)c1. The molecule has 1 aromatic carbocycles. The van der Waals surface area contributed by atoms with Gasteiger partial charge in [-0.3, -0.25) is 9.69 Å². The van der Waals surface area contributed by atoms with Crippen LogP contribution in [0, 0.1) is 5.92 Å². The van der Waals surface area contributed by atoms with Crippen LogP contribution in [0.15, 0.2) is 29.2 Å². The van der Waals surface area contributed by atoms with Crippen LogP contribution in [0.4, 0.5) is 18.9 Å². The summed E-state index contributed by atoms with van der Waals surface area (Å²) in [6.45, 7) is 3.52. The van der Waals surface area contributed by atoms with Crippen LogP contribution in [0.5, 0.6) is 0 Å². The van der Waals surface area contributed by atoms with Gasteiger partial charge in [0.2, 0.25) is 15.9 Å². The Bertz CT molecular complexity index is 778. The number of nitrogens with zero attached hydrogens (tertiary/aromatic N) is 1. The van der Waals surface area contributed by atoms with Crippen molar-refractivity contribution in [1.29, 1.82) is 0 Å². The Labute approximate surface area is 150 Å². The molecule has 1 aromatic rings. The molecule has 1 aliphatic rings. The summed E-state index contributed by atoms with van der Waals surface area (Å²) in [5.74, 6) is -1.84. The Morgan fingerprint density at radius 3 is 2.58 bits per heavy atom. The fourth-order valence-electron chi connectivity index (χ4n) is 3.32. The fourth-order valence-corrected chi connectivity index (χ4v) is 3.88. The van der Waals surface area contributed by atoms with Crippen molar-refractivity contribution in [2.24, 2.45) is 11.1 Å². The highest BCUT2D eigenvalue weighted by Crippen LogP contribution is 2.44. The van der Waals surface area contributed by atoms with E-state index >= 15 is 0 Å². The summed E-state index contributed by atoms with van der Waals surface area (Å²) in [5.41, 5.74) is -0.818. The number of benzene rings is 1. The maximum Gasteiger partial charge on any atom is 0.393 e. The summed E-state index contributed by atoms with van der Waals surface area (Å²) in [7, 11) is -3.89. The number of amides is 1. The van der Waals surface area contributed by atoms with Crippen molar-refractivity contribution in [3.63, 3.8) is 0 Å². The molecule has 146 valence electrons. The van der Waals surface area contributed by atoms with Crippen LogP contribution in [-0.4, -0.2) is 44.0 Å². The minimum atomic E-state index is -4.27. The molecule has 0 spiro atoms. The Balaban J connectivity index is 1.96. The lowest BCUT2D eigenvalue weighted by Crippen LogP contribution is -2.47. The molecule has 1 atom stereocenters. The fraction of sp³-hybridized carbons (Fsp3) is 0.562. The number of alkyl halides is 3. The first kappa shape index (κ1) is 20.7. The topological polar surface area (TPSA) is 92.5 Å². The molecule has 10 heteroatoms. The molecule has 1 fully saturated rings. The van der Waals surface area contributed by atoms with Crippen molar-refractivity contribution in [2.45, 2.75) is 43.3 Å². The summed E-state index contributed by atoms with van der Waals surface area (Å²) < 4.78 is 61.9. The molecule has 1 saturated heterocycles. The number of carbonyl (C=O) groups is 1. The molecule has 1 unspecified atom stereocenters. The van der Waals surface area contributed by atoms with E-state index in [-0.39, 0.29) is 36.5 Å². The highest BCUT2D eigenvalue weighted by Gasteiger charge is 2.54. The summed E-state index contributed by atoms with van der Waals surface area (Å²) in [4.78, 5) is 13.6. The Hall–Kier alpha value is -1.65. The molecule has 0 bridgehead atoms. The number of primary sulfonamides is 1. The van der Waals surface area contributed by atoms with Gasteiger partial charge in [0, 0.05) is 24.2 Å². The van der Waals surface area contributed by atoms with Crippen molar-refractivity contribution in [2.75, 3.05) is 18.4 Å². The molecular formula is C16H22F3N3O3S. The van der Waals surface area contributed by atoms with Gasteiger partial charge < -0.3 is 5.32 Å². The number of likely N-dealkylation sites (tertiary alicyclic amines) is 1. The van der Waals surface area contributed by atoms with Crippen molar-refractivity contribution < 1.29 is 26.4 Å². The first-order chi connectivity index (χ1) is 11.8. The zero-order valence-corrected chi connectivity index (χ0v) is 15.3. The molecule has 1 aliphatic heterocycles. The summed E-state index contributed by atoms with van der Waals surface area (Å²) in [6.07, 6.45) is -4.27. The van der Waals surface area contributed by atoms with E-state index in [0.717, 1.165) is 0 Å². The van der Waals surface area contributed by atoms with E-state index in [1.54, 1.807) is 4.90 Å². The standard InChI is InChI=1S/C16H22F3N3O3S/c1-15(2)13(16(17,18)19)6-8-22(15)9-7-14(23)21-11-4-3-5-12(10-11)26(20,24)25/h3-5,10,13H,6-9H2,1-2H3,(H,21,23)(H2,20,24,25). The van der Waals surface area contributed by atoms with Crippen LogP contribution in [0.2, 0.25) is 0 Å². The van der Waals surface area contributed by atoms with Gasteiger partial charge in [-0.25, -0.2) is 13.6 Å². The average Bonchev–Trinajstić information content (AvgIpc) is 2.79. The molecular weight excluding hydrogens is 371 g/mol. The summed E-state index contributed by atoms with van der Waals surface area (Å²) in [6, 6.07) is 5.47. The van der Waals surface area contributed by atoms with Crippen LogP contribution in [0.3, 0.4) is 0 Å². The normalized spacial score (nSPS) is 20.9. The molecule has 1 amide bonds. The van der Waals surface area contributed by atoms with Gasteiger partial charge in [-0.1, -0.05) is 6.07 Å². The highest BCUT2D eigenvalue weighted by molar-refractivity contribution is 7.89. The second-order valence-corrected chi connectivity index (χ2v) is 8.46. The molecule has 0 radical (unpaired) electrons. The van der Waals surface area contributed by atoms with E-state index in [4.69, 9.17) is 5.14 Å². The lowest BCUT2D eigenvalue weighted by molar-refractivity contribution is -0.191. The van der Waals surface area contributed by atoms with Crippen molar-refractivity contribution in [3.8, 4) is 0 Å². The van der Waals surface area contributed by atoms with Gasteiger partial charge >= 0.3 is 6.18 Å². The number of halogens is 3. The maximum atomic E-state index is 13.1. The minimum absolute atomic E-state index is 0.00634. The monoisotopic (exact) mass is 393 g/mol. The number of sulfonamides is 1. The molecule has 2 rings (SSSR count). The predicted molar refractivity (Wildman–Crippen MR) is 90.9 cm³/mol. The number of anilines is 1. The average molecular weight is 393 g/mol. The molecule has 3 N–H and O–H groups in total. The van der Waals surface area contributed by atoms with Crippen molar-refractivity contribution in [3.05, 3.63) is 24.3 Å². The minimum Gasteiger partial charge on any atom is -0.326 e. The van der Waals surface area contributed by atoms with Crippen LogP contribution in [0.25, 0.3) is 0 Å². The second-order valence-electron chi connectivity index (χ2n) is 6.89. The molecule has 0 aromatic heterocycles. The van der Waals surface area contributed by atoms with E-state index in [9.17, 15) is 26.4 Å². The van der Waals surface area contributed by atoms with Gasteiger partial charge in [0.1, 0.15) is 0 Å². The van der Waals surface area contributed by atoms with Gasteiger partial charge in [0.25, 0.3) is 0 Å². The lowest BCUT2D eigenvalue weighted by atomic mass is 9.88. The molecule has 6 nitrogen and oxygen atoms in total. The van der Waals surface area contributed by atoms with Crippen LogP contribution in [0.1, 0.15) is 26.7 Å². The second kappa shape index (κ2) is 7.16. The number of hydrogen-bond donors (Lipinski definition) is 2. The largest absolute Gasteiger partial charge is 0.393 e. The Morgan fingerprint density at radius 2 is 2.04 bits per heavy atom. The van der Waals surface area contributed by atoms with Gasteiger partial charge in [-0.15, -0.1) is 0 Å². The highest BCUT2D eigenvalue weighted by atomic mass is 32.2. The van der Waals surface area contributed by atoms with E-state index in [2.05, 4.69) is 5.32 Å². The number of carbonyl (C=O) groups excluding carboxylic acids is 1. The van der Waals surface area contributed by atoms with Crippen LogP contribution >= 0.6 is 0 Å². The zero-order chi connectivity index (χ0) is 19.8. The van der Waals surface area contributed by atoms with E-state index in [1.165, 1.54) is 38.1 Å². The molecule has 0 saturated carbocycles. The molecule has 0 aliphatic carbocycles. The van der Waals surface area contributed by atoms with Crippen molar-refractivity contribution in [1.82, 2.24) is 4.90 Å². The third-order valence-electron chi connectivity index (χ3n) is 4.81. The third-order valence-corrected chi connectivity index (χ3v) is 5.72. The van der Waals surface area contributed by atoms with Gasteiger partial charge in [0.05, 0.1) is 10.8 Å². The Morgan fingerprint density at radius 1 is 1.38 bits per heavy atom. The van der Waals surface area contributed by atoms with Crippen LogP contribution < -0.4 is 10.5 Å². The number of rotatable bonds is 5. The van der Waals surface area contributed by atoms with E-state index in [0.29, 0.717) is 0 Å². The smallest absolute Gasteiger partial charge is 0.326 e. The number of hydrogen-bond acceptors (Lipinski definition) is 4. The van der Waals surface area contributed by atoms with Crippen molar-refractivity contribution >= 4 is 21.6 Å². The number of nitrogens with two attached hydrogens (primary N) is 1. The van der Waals surface area contributed by atoms with Gasteiger partial charge in [-0.05, 0) is 45.0 Å². The van der Waals surface area contributed by atoms with E-state index in [1.807, 2.05) is 0 Å². The van der Waals surface area contributed by atoms with Gasteiger partial charge in [-0.2, -0.15) is 13.2 Å². The summed E-state index contributed by atoms with van der Waals surface area (Å²) in [5, 5.41) is 7.58. The predicted octanol–water partition coefficient (Wildman–Crippen LogP) is 2.33. The third kappa shape index (κ3) is 4.74. The lowest BCUT2D eigenvalue weighted by Gasteiger charge is -2.36. The molecule has 1 heterocycles. The maximum absolute atomic E-state index is 13.1. The Kier molecular flexibility index (Phi) is 5.69. The quantitative estimate of drug-likeness (QED) is 0.803. The van der Waals surface area contributed by atoms with E-state index < -0.39 is 33.6 Å². The first-order valence-corrected chi connectivity index (χ1v) is 9.61. The summed E-state index contributed by atoms with van der Waals surface area (Å²) >= 11 is 0. The van der Waals surface area contributed by atoms with Crippen LogP contribution in [-0.2, 0) is 14.8 Å². The number of nitrogens with one attached hydrogen (secondary N) is 1. The van der Waals surface area contributed by atoms with Gasteiger partial charge in [0.15, 0.2) is 0 Å². The zero-order valence-electron chi connectivity index (χ0n) is 14.5. The first-order valence-electron chi connectivity index (χ1n) is 8.06. The molecule has 26 heavy (non-hydrogen) atoms.